The van der Waals surface area contributed by atoms with Gasteiger partial charge < -0.3 is 0 Å². The third kappa shape index (κ3) is 4.58. The Morgan fingerprint density at radius 2 is 2.00 bits per heavy atom. The molecule has 2 amide bonds. The van der Waals surface area contributed by atoms with Crippen LogP contribution in [0.15, 0.2) is 0 Å². The lowest BCUT2D eigenvalue weighted by Crippen LogP contribution is -2.40. The van der Waals surface area contributed by atoms with Crippen molar-refractivity contribution in [1.82, 2.24) is 15.1 Å². The van der Waals surface area contributed by atoms with Crippen molar-refractivity contribution in [2.24, 2.45) is 0 Å². The molecule has 1 aliphatic rings. The molecule has 2 unspecified atom stereocenters. The Morgan fingerprint density at radius 3 is 2.50 bits per heavy atom. The minimum absolute atomic E-state index is 0.0305. The van der Waals surface area contributed by atoms with Crippen molar-refractivity contribution in [3.8, 4) is 0 Å². The predicted octanol–water partition coefficient (Wildman–Crippen LogP) is 1.63. The van der Waals surface area contributed by atoms with E-state index >= 15 is 0 Å². The minimum Gasteiger partial charge on any atom is -0.289 e. The number of amides is 2. The molecule has 1 aliphatic heterocycles. The van der Waals surface area contributed by atoms with Crippen LogP contribution in [0, 0.1) is 0 Å². The Balaban J connectivity index is 2.61. The smallest absolute Gasteiger partial charge is 0.243 e. The first-order valence-corrected chi connectivity index (χ1v) is 10.1. The molecular weight excluding hydrogens is 297 g/mol. The van der Waals surface area contributed by atoms with Gasteiger partial charge in [0, 0.05) is 19.1 Å². The van der Waals surface area contributed by atoms with Crippen molar-refractivity contribution in [2.75, 3.05) is 25.6 Å². The van der Waals surface area contributed by atoms with Gasteiger partial charge >= 0.3 is 0 Å². The van der Waals surface area contributed by atoms with Gasteiger partial charge in [-0.3, -0.25) is 24.1 Å². The van der Waals surface area contributed by atoms with Gasteiger partial charge in [-0.25, -0.2) is 5.09 Å². The summed E-state index contributed by atoms with van der Waals surface area (Å²) in [5, 5.41) is 5.62. The van der Waals surface area contributed by atoms with Crippen LogP contribution in [0.1, 0.15) is 33.1 Å². The van der Waals surface area contributed by atoms with Gasteiger partial charge in [0.1, 0.15) is 0 Å². The summed E-state index contributed by atoms with van der Waals surface area (Å²) in [4.78, 5) is 24.9. The van der Waals surface area contributed by atoms with Crippen molar-refractivity contribution in [3.63, 3.8) is 0 Å². The van der Waals surface area contributed by atoms with Crippen LogP contribution in [0.4, 0.5) is 0 Å². The van der Waals surface area contributed by atoms with E-state index in [-0.39, 0.29) is 30.2 Å². The van der Waals surface area contributed by atoms with E-state index in [4.69, 9.17) is 0 Å². The lowest BCUT2D eigenvalue weighted by Gasteiger charge is -2.23. The second kappa shape index (κ2) is 8.17. The van der Waals surface area contributed by atoms with E-state index in [2.05, 4.69) is 10.2 Å². The Morgan fingerprint density at radius 1 is 1.30 bits per heavy atom. The standard InChI is InChI=1S/C12H24N3O3PS/c1-4-6-13-19(18,7-5-2)14-9-15-11(16)8-10(20-3)12(15)17/h10H,4-9H2,1-3H3,(H2,13,14,18). The maximum absolute atomic E-state index is 12.6. The molecule has 0 aromatic carbocycles. The van der Waals surface area contributed by atoms with Crippen LogP contribution in [-0.2, 0) is 14.2 Å². The number of nitrogens with zero attached hydrogens (tertiary/aromatic N) is 1. The molecule has 0 saturated carbocycles. The molecule has 1 heterocycles. The van der Waals surface area contributed by atoms with E-state index in [1.807, 2.05) is 20.1 Å². The summed E-state index contributed by atoms with van der Waals surface area (Å²) in [5.74, 6) is -0.381. The number of nitrogens with one attached hydrogen (secondary N) is 2. The SMILES string of the molecule is CCCNP(=O)(CCC)NCN1C(=O)CC(SC)C1=O. The Bertz CT molecular complexity index is 405. The fourth-order valence-electron chi connectivity index (χ4n) is 2.01. The van der Waals surface area contributed by atoms with Gasteiger partial charge in [-0.05, 0) is 19.1 Å². The lowest BCUT2D eigenvalue weighted by molar-refractivity contribution is -0.138. The average molecular weight is 321 g/mol. The van der Waals surface area contributed by atoms with Crippen LogP contribution in [0.25, 0.3) is 0 Å². The molecule has 20 heavy (non-hydrogen) atoms. The molecule has 2 atom stereocenters. The summed E-state index contributed by atoms with van der Waals surface area (Å²) in [5.41, 5.74) is 0. The zero-order chi connectivity index (χ0) is 15.2. The second-order valence-electron chi connectivity index (χ2n) is 4.78. The summed E-state index contributed by atoms with van der Waals surface area (Å²) in [6.07, 6.45) is 4.22. The maximum Gasteiger partial charge on any atom is 0.243 e. The van der Waals surface area contributed by atoms with E-state index in [0.717, 1.165) is 12.8 Å². The number of rotatable bonds is 9. The number of thioether (sulfide) groups is 1. The highest BCUT2D eigenvalue weighted by atomic mass is 32.2. The average Bonchev–Trinajstić information content (AvgIpc) is 2.69. The molecule has 0 aliphatic carbocycles. The van der Waals surface area contributed by atoms with Crippen molar-refractivity contribution in [3.05, 3.63) is 0 Å². The number of carbonyl (C=O) groups excluding carboxylic acids is 2. The fraction of sp³-hybridized carbons (Fsp3) is 0.833. The first-order chi connectivity index (χ1) is 9.47. The Labute approximate surface area is 124 Å². The minimum atomic E-state index is -2.72. The third-order valence-electron chi connectivity index (χ3n) is 3.13. The van der Waals surface area contributed by atoms with Gasteiger partial charge in [0.2, 0.25) is 19.3 Å². The quantitative estimate of drug-likeness (QED) is 0.496. The van der Waals surface area contributed by atoms with Crippen LogP contribution in [0.3, 0.4) is 0 Å². The molecule has 2 N–H and O–H groups in total. The van der Waals surface area contributed by atoms with E-state index in [1.54, 1.807) is 0 Å². The normalized spacial score (nSPS) is 22.4. The lowest BCUT2D eigenvalue weighted by atomic mass is 10.4. The number of imide groups is 1. The molecule has 0 spiro atoms. The van der Waals surface area contributed by atoms with Crippen molar-refractivity contribution in [2.45, 2.75) is 38.4 Å². The first kappa shape index (κ1) is 17.7. The summed E-state index contributed by atoms with van der Waals surface area (Å²) in [6, 6.07) is 0. The van der Waals surface area contributed by atoms with Crippen LogP contribution in [0.5, 0.6) is 0 Å². The molecular formula is C12H24N3O3PS. The molecule has 1 rings (SSSR count). The van der Waals surface area contributed by atoms with Crippen LogP contribution < -0.4 is 10.2 Å². The zero-order valence-electron chi connectivity index (χ0n) is 12.3. The Kier molecular flexibility index (Phi) is 7.23. The number of hydrogen-bond acceptors (Lipinski definition) is 4. The molecule has 0 aromatic rings. The van der Waals surface area contributed by atoms with Gasteiger partial charge in [-0.15, -0.1) is 0 Å². The van der Waals surface area contributed by atoms with E-state index < -0.39 is 7.44 Å². The highest BCUT2D eigenvalue weighted by Crippen LogP contribution is 2.36. The maximum atomic E-state index is 12.6. The largest absolute Gasteiger partial charge is 0.289 e. The van der Waals surface area contributed by atoms with E-state index in [1.165, 1.54) is 16.7 Å². The molecule has 6 nitrogen and oxygen atoms in total. The summed E-state index contributed by atoms with van der Waals surface area (Å²) in [6.45, 7) is 4.64. The summed E-state index contributed by atoms with van der Waals surface area (Å²) < 4.78 is 12.6. The fourth-order valence-corrected chi connectivity index (χ4v) is 4.66. The second-order valence-corrected chi connectivity index (χ2v) is 8.38. The molecule has 1 saturated heterocycles. The van der Waals surface area contributed by atoms with Crippen LogP contribution in [-0.4, -0.2) is 47.6 Å². The van der Waals surface area contributed by atoms with Gasteiger partial charge in [0.05, 0.1) is 11.9 Å². The van der Waals surface area contributed by atoms with Gasteiger partial charge in [-0.1, -0.05) is 13.8 Å². The monoisotopic (exact) mass is 321 g/mol. The molecule has 116 valence electrons. The molecule has 1 fully saturated rings. The van der Waals surface area contributed by atoms with E-state index in [0.29, 0.717) is 12.7 Å². The number of carbonyl (C=O) groups is 2. The Hall–Kier alpha value is -0.360. The van der Waals surface area contributed by atoms with Crippen molar-refractivity contribution < 1.29 is 14.2 Å². The first-order valence-electron chi connectivity index (χ1n) is 6.93. The van der Waals surface area contributed by atoms with Crippen LogP contribution in [0.2, 0.25) is 0 Å². The zero-order valence-corrected chi connectivity index (χ0v) is 14.1. The van der Waals surface area contributed by atoms with E-state index in [9.17, 15) is 14.2 Å². The summed E-state index contributed by atoms with van der Waals surface area (Å²) in [7, 11) is -2.72. The van der Waals surface area contributed by atoms with Crippen molar-refractivity contribution in [1.29, 1.82) is 0 Å². The van der Waals surface area contributed by atoms with Crippen LogP contribution >= 0.6 is 19.2 Å². The molecule has 0 aromatic heterocycles. The third-order valence-corrected chi connectivity index (χ3v) is 6.53. The van der Waals surface area contributed by atoms with Gasteiger partial charge in [0.15, 0.2) is 0 Å². The highest BCUT2D eigenvalue weighted by molar-refractivity contribution is 8.00. The number of hydrogen-bond donors (Lipinski definition) is 2. The van der Waals surface area contributed by atoms with Crippen molar-refractivity contribution >= 4 is 31.0 Å². The topological polar surface area (TPSA) is 78.5 Å². The van der Waals surface area contributed by atoms with Gasteiger partial charge in [0.25, 0.3) is 0 Å². The predicted molar refractivity (Wildman–Crippen MR) is 82.8 cm³/mol. The molecule has 8 heteroatoms. The van der Waals surface area contributed by atoms with Gasteiger partial charge in [-0.2, -0.15) is 11.8 Å². The summed E-state index contributed by atoms with van der Waals surface area (Å²) >= 11 is 1.38. The molecule has 0 radical (unpaired) electrons. The number of likely N-dealkylation sites (tertiary alicyclic amines) is 1. The molecule has 0 bridgehead atoms. The highest BCUT2D eigenvalue weighted by Gasteiger charge is 2.38.